The fourth-order valence-corrected chi connectivity index (χ4v) is 3.74. The number of hydrogen-bond acceptors (Lipinski definition) is 5. The molecule has 2 N–H and O–H groups in total. The van der Waals surface area contributed by atoms with Gasteiger partial charge < -0.3 is 5.11 Å². The fourth-order valence-electron chi connectivity index (χ4n) is 1.04. The molecule has 0 atom stereocenters. The Labute approximate surface area is 100 Å². The Bertz CT molecular complexity index is 592. The first-order chi connectivity index (χ1) is 7.70. The van der Waals surface area contributed by atoms with Gasteiger partial charge in [0.2, 0.25) is 10.0 Å². The molecule has 17 heavy (non-hydrogen) atoms. The van der Waals surface area contributed by atoms with Crippen LogP contribution >= 0.6 is 0 Å². The van der Waals surface area contributed by atoms with Crippen LogP contribution in [0.4, 0.5) is 5.69 Å². The lowest BCUT2D eigenvalue weighted by atomic mass is 10.3. The standard InChI is InChI=1S/C9H13NO5S2/c1-16(12,13)6-7-17(14,15)10-8-4-2-3-5-9(8)11/h2-5,10-11H,6-7H2,1H3. The summed E-state index contributed by atoms with van der Waals surface area (Å²) in [6, 6.07) is 5.81. The topological polar surface area (TPSA) is 101 Å². The van der Waals surface area contributed by atoms with E-state index in [0.717, 1.165) is 6.26 Å². The van der Waals surface area contributed by atoms with E-state index >= 15 is 0 Å². The van der Waals surface area contributed by atoms with Gasteiger partial charge in [0.1, 0.15) is 15.6 Å². The average Bonchev–Trinajstić information content (AvgIpc) is 2.18. The summed E-state index contributed by atoms with van der Waals surface area (Å²) in [4.78, 5) is 0. The van der Waals surface area contributed by atoms with Crippen LogP contribution in [0.15, 0.2) is 24.3 Å². The number of rotatable bonds is 5. The molecule has 0 aliphatic carbocycles. The first-order valence-corrected chi connectivity index (χ1v) is 8.37. The highest BCUT2D eigenvalue weighted by Crippen LogP contribution is 2.22. The number of benzene rings is 1. The maximum atomic E-state index is 11.5. The van der Waals surface area contributed by atoms with Crippen molar-refractivity contribution in [1.82, 2.24) is 0 Å². The van der Waals surface area contributed by atoms with Gasteiger partial charge in [-0.15, -0.1) is 0 Å². The quantitative estimate of drug-likeness (QED) is 0.749. The summed E-state index contributed by atoms with van der Waals surface area (Å²) < 4.78 is 46.9. The third-order valence-corrected chi connectivity index (χ3v) is 4.37. The van der Waals surface area contributed by atoms with Crippen molar-refractivity contribution in [2.45, 2.75) is 0 Å². The van der Waals surface area contributed by atoms with Crippen LogP contribution in [-0.4, -0.2) is 39.7 Å². The van der Waals surface area contributed by atoms with E-state index in [4.69, 9.17) is 0 Å². The van der Waals surface area contributed by atoms with Crippen LogP contribution in [0.3, 0.4) is 0 Å². The van der Waals surface area contributed by atoms with Crippen molar-refractivity contribution in [3.63, 3.8) is 0 Å². The molecule has 6 nitrogen and oxygen atoms in total. The summed E-state index contributed by atoms with van der Waals surface area (Å²) in [6.45, 7) is 0. The van der Waals surface area contributed by atoms with Crippen LogP contribution in [0.25, 0.3) is 0 Å². The molecule has 0 fully saturated rings. The van der Waals surface area contributed by atoms with Crippen molar-refractivity contribution in [3.8, 4) is 5.75 Å². The summed E-state index contributed by atoms with van der Waals surface area (Å²) in [5.41, 5.74) is 0.0287. The van der Waals surface area contributed by atoms with E-state index in [2.05, 4.69) is 4.72 Å². The number of aromatic hydroxyl groups is 1. The van der Waals surface area contributed by atoms with E-state index in [1.165, 1.54) is 12.1 Å². The Morgan fingerprint density at radius 3 is 2.24 bits per heavy atom. The predicted molar refractivity (Wildman–Crippen MR) is 65.2 cm³/mol. The van der Waals surface area contributed by atoms with Crippen molar-refractivity contribution < 1.29 is 21.9 Å². The number of nitrogens with one attached hydrogen (secondary N) is 1. The summed E-state index contributed by atoms with van der Waals surface area (Å²) in [7, 11) is -7.12. The molecule has 0 aliphatic rings. The smallest absolute Gasteiger partial charge is 0.233 e. The zero-order chi connectivity index (χ0) is 13.1. The summed E-state index contributed by atoms with van der Waals surface area (Å²) in [6.07, 6.45) is 0.961. The first-order valence-electron chi connectivity index (χ1n) is 4.66. The maximum absolute atomic E-state index is 11.5. The number of para-hydroxylation sites is 2. The molecule has 1 rings (SSSR count). The lowest BCUT2D eigenvalue weighted by molar-refractivity contribution is 0.477. The third-order valence-electron chi connectivity index (χ3n) is 1.89. The molecule has 0 aliphatic heterocycles. The molecule has 0 radical (unpaired) electrons. The number of phenolic OH excluding ortho intramolecular Hbond substituents is 1. The SMILES string of the molecule is CS(=O)(=O)CCS(=O)(=O)Nc1ccccc1O. The van der Waals surface area contributed by atoms with Gasteiger partial charge in [-0.3, -0.25) is 4.72 Å². The van der Waals surface area contributed by atoms with Crippen molar-refractivity contribution in [1.29, 1.82) is 0 Å². The third kappa shape index (κ3) is 5.05. The first kappa shape index (κ1) is 13.8. The minimum atomic E-state index is -3.78. The molecule has 1 aromatic carbocycles. The molecule has 96 valence electrons. The van der Waals surface area contributed by atoms with Crippen molar-refractivity contribution >= 4 is 25.5 Å². The Hall–Kier alpha value is -1.28. The van der Waals surface area contributed by atoms with Gasteiger partial charge in [-0.25, -0.2) is 16.8 Å². The second-order valence-corrected chi connectivity index (χ2v) is 7.67. The van der Waals surface area contributed by atoms with Gasteiger partial charge in [0.15, 0.2) is 0 Å². The highest BCUT2D eigenvalue weighted by molar-refractivity contribution is 7.95. The number of anilines is 1. The fraction of sp³-hybridized carbons (Fsp3) is 0.333. The van der Waals surface area contributed by atoms with Gasteiger partial charge in [0, 0.05) is 6.26 Å². The molecular weight excluding hydrogens is 266 g/mol. The van der Waals surface area contributed by atoms with Gasteiger partial charge in [-0.2, -0.15) is 0 Å². The molecule has 0 amide bonds. The van der Waals surface area contributed by atoms with Gasteiger partial charge in [-0.1, -0.05) is 12.1 Å². The largest absolute Gasteiger partial charge is 0.506 e. The van der Waals surface area contributed by atoms with Crippen LogP contribution in [0.2, 0.25) is 0 Å². The Morgan fingerprint density at radius 2 is 1.71 bits per heavy atom. The van der Waals surface area contributed by atoms with E-state index in [1.54, 1.807) is 12.1 Å². The Morgan fingerprint density at radius 1 is 1.12 bits per heavy atom. The molecule has 8 heteroatoms. The molecule has 0 heterocycles. The molecule has 0 saturated heterocycles. The van der Waals surface area contributed by atoms with Gasteiger partial charge >= 0.3 is 0 Å². The molecular formula is C9H13NO5S2. The zero-order valence-corrected chi connectivity index (χ0v) is 10.8. The van der Waals surface area contributed by atoms with E-state index in [9.17, 15) is 21.9 Å². The Kier molecular flexibility index (Phi) is 3.99. The van der Waals surface area contributed by atoms with Crippen molar-refractivity contribution in [2.24, 2.45) is 0 Å². The molecule has 0 aromatic heterocycles. The minimum absolute atomic E-state index is 0.0287. The molecule has 0 unspecified atom stereocenters. The number of sulfonamides is 1. The summed E-state index contributed by atoms with van der Waals surface area (Å²) in [5.74, 6) is -1.22. The van der Waals surface area contributed by atoms with E-state index < -0.39 is 31.4 Å². The lowest BCUT2D eigenvalue weighted by Crippen LogP contribution is -2.22. The Balaban J connectivity index is 2.78. The second kappa shape index (κ2) is 4.92. The van der Waals surface area contributed by atoms with E-state index in [1.807, 2.05) is 0 Å². The number of hydrogen-bond donors (Lipinski definition) is 2. The van der Waals surface area contributed by atoms with E-state index in [0.29, 0.717) is 0 Å². The number of phenols is 1. The minimum Gasteiger partial charge on any atom is -0.506 e. The van der Waals surface area contributed by atoms with Gasteiger partial charge in [-0.05, 0) is 12.1 Å². The summed E-state index contributed by atoms with van der Waals surface area (Å²) >= 11 is 0. The maximum Gasteiger partial charge on any atom is 0.233 e. The lowest BCUT2D eigenvalue weighted by Gasteiger charge is -2.08. The molecule has 1 aromatic rings. The highest BCUT2D eigenvalue weighted by atomic mass is 32.2. The molecule has 0 bridgehead atoms. The van der Waals surface area contributed by atoms with Crippen LogP contribution in [-0.2, 0) is 19.9 Å². The zero-order valence-electron chi connectivity index (χ0n) is 9.12. The van der Waals surface area contributed by atoms with Gasteiger partial charge in [0.25, 0.3) is 0 Å². The molecule has 0 saturated carbocycles. The van der Waals surface area contributed by atoms with Crippen molar-refractivity contribution in [2.75, 3.05) is 22.5 Å². The summed E-state index contributed by atoms with van der Waals surface area (Å²) in [5, 5.41) is 9.36. The normalized spacial score (nSPS) is 12.3. The molecule has 0 spiro atoms. The van der Waals surface area contributed by atoms with Crippen molar-refractivity contribution in [3.05, 3.63) is 24.3 Å². The second-order valence-electron chi connectivity index (χ2n) is 3.57. The van der Waals surface area contributed by atoms with Crippen LogP contribution in [0.5, 0.6) is 5.75 Å². The van der Waals surface area contributed by atoms with Gasteiger partial charge in [0.05, 0.1) is 17.2 Å². The predicted octanol–water partition coefficient (Wildman–Crippen LogP) is 0.178. The van der Waals surface area contributed by atoms with Crippen LogP contribution in [0, 0.1) is 0 Å². The van der Waals surface area contributed by atoms with Crippen LogP contribution in [0.1, 0.15) is 0 Å². The van der Waals surface area contributed by atoms with Crippen LogP contribution < -0.4 is 4.72 Å². The number of sulfone groups is 1. The van der Waals surface area contributed by atoms with E-state index in [-0.39, 0.29) is 11.4 Å². The average molecular weight is 279 g/mol. The monoisotopic (exact) mass is 279 g/mol. The highest BCUT2D eigenvalue weighted by Gasteiger charge is 2.15.